The first kappa shape index (κ1) is 16.4. The van der Waals surface area contributed by atoms with Crippen LogP contribution in [0.25, 0.3) is 0 Å². The van der Waals surface area contributed by atoms with Gasteiger partial charge in [0.15, 0.2) is 9.84 Å². The van der Waals surface area contributed by atoms with Crippen LogP contribution in [-0.4, -0.2) is 38.4 Å². The highest BCUT2D eigenvalue weighted by atomic mass is 32.2. The molecule has 0 rings (SSSR count). The van der Waals surface area contributed by atoms with E-state index in [1.165, 1.54) is 6.26 Å². The topological polar surface area (TPSA) is 89.3 Å². The summed E-state index contributed by atoms with van der Waals surface area (Å²) in [5.74, 6) is -0.388. The van der Waals surface area contributed by atoms with Gasteiger partial charge in [-0.15, -0.1) is 0 Å². The highest BCUT2D eigenvalue weighted by molar-refractivity contribution is 7.92. The largest absolute Gasteiger partial charge is 0.354 e. The van der Waals surface area contributed by atoms with Gasteiger partial charge in [0.1, 0.15) is 0 Å². The Bertz CT molecular complexity index is 350. The van der Waals surface area contributed by atoms with E-state index in [1.807, 2.05) is 6.92 Å². The predicted molar refractivity (Wildman–Crippen MR) is 69.4 cm³/mol. The minimum atomic E-state index is -3.19. The van der Waals surface area contributed by atoms with Gasteiger partial charge in [0.2, 0.25) is 5.91 Å². The Morgan fingerprint density at radius 3 is 2.29 bits per heavy atom. The summed E-state index contributed by atoms with van der Waals surface area (Å²) in [6, 6.07) is 0. The van der Waals surface area contributed by atoms with Crippen molar-refractivity contribution in [2.75, 3.05) is 19.3 Å². The molecule has 0 aliphatic heterocycles. The van der Waals surface area contributed by atoms with E-state index >= 15 is 0 Å². The zero-order valence-electron chi connectivity index (χ0n) is 11.1. The monoisotopic (exact) mass is 264 g/mol. The van der Waals surface area contributed by atoms with E-state index in [2.05, 4.69) is 5.32 Å². The summed E-state index contributed by atoms with van der Waals surface area (Å²) in [6.07, 6.45) is 2.78. The fourth-order valence-electron chi connectivity index (χ4n) is 1.28. The normalized spacial score (nSPS) is 14.4. The molecular formula is C11H24N2O3S. The molecular weight excluding hydrogens is 240 g/mol. The molecule has 1 amide bonds. The second-order valence-electron chi connectivity index (χ2n) is 4.97. The van der Waals surface area contributed by atoms with Crippen molar-refractivity contribution in [3.05, 3.63) is 0 Å². The number of nitrogens with one attached hydrogen (secondary N) is 1. The van der Waals surface area contributed by atoms with Gasteiger partial charge in [-0.3, -0.25) is 4.79 Å². The molecule has 5 nitrogen and oxygen atoms in total. The van der Waals surface area contributed by atoms with E-state index < -0.39 is 14.6 Å². The Labute approximate surface area is 104 Å². The lowest BCUT2D eigenvalue weighted by atomic mass is 10.0. The van der Waals surface area contributed by atoms with E-state index in [-0.39, 0.29) is 18.4 Å². The van der Waals surface area contributed by atoms with Gasteiger partial charge in [0.25, 0.3) is 0 Å². The maximum atomic E-state index is 11.8. The molecule has 0 aromatic rings. The van der Waals surface area contributed by atoms with Crippen molar-refractivity contribution >= 4 is 15.7 Å². The minimum absolute atomic E-state index is 0.116. The molecule has 3 N–H and O–H groups in total. The molecule has 0 radical (unpaired) electrons. The van der Waals surface area contributed by atoms with Crippen molar-refractivity contribution in [1.82, 2.24) is 5.32 Å². The number of hydrogen-bond acceptors (Lipinski definition) is 4. The second kappa shape index (κ2) is 6.35. The predicted octanol–water partition coefficient (Wildman–Crippen LogP) is 0.301. The first-order valence-electron chi connectivity index (χ1n) is 5.83. The number of sulfone groups is 1. The molecule has 17 heavy (non-hydrogen) atoms. The summed E-state index contributed by atoms with van der Waals surface area (Å²) in [5, 5.41) is 2.67. The van der Waals surface area contributed by atoms with Gasteiger partial charge in [0.05, 0.1) is 10.7 Å². The van der Waals surface area contributed by atoms with Gasteiger partial charge in [-0.05, 0) is 20.3 Å². The smallest absolute Gasteiger partial charge is 0.224 e. The van der Waals surface area contributed by atoms with Gasteiger partial charge in [-0.2, -0.15) is 0 Å². The van der Waals surface area contributed by atoms with E-state index in [9.17, 15) is 13.2 Å². The molecule has 0 saturated carbocycles. The van der Waals surface area contributed by atoms with E-state index in [4.69, 9.17) is 5.73 Å². The number of amides is 1. The quantitative estimate of drug-likeness (QED) is 0.692. The summed E-state index contributed by atoms with van der Waals surface area (Å²) in [5.41, 5.74) is 5.51. The first-order chi connectivity index (χ1) is 7.65. The van der Waals surface area contributed by atoms with Gasteiger partial charge in [0, 0.05) is 19.3 Å². The van der Waals surface area contributed by atoms with Crippen LogP contribution in [-0.2, 0) is 14.6 Å². The lowest BCUT2D eigenvalue weighted by molar-refractivity contribution is -0.125. The van der Waals surface area contributed by atoms with Crippen LogP contribution in [0.4, 0.5) is 0 Å². The SMILES string of the molecule is CCCC(CN)C(=O)NCC(C)(C)S(C)(=O)=O. The van der Waals surface area contributed by atoms with Crippen LogP contribution in [0.5, 0.6) is 0 Å². The Kier molecular flexibility index (Phi) is 6.12. The van der Waals surface area contributed by atoms with Crippen molar-refractivity contribution in [2.45, 2.75) is 38.4 Å². The molecule has 1 atom stereocenters. The van der Waals surface area contributed by atoms with Gasteiger partial charge < -0.3 is 11.1 Å². The van der Waals surface area contributed by atoms with Crippen LogP contribution in [0.3, 0.4) is 0 Å². The van der Waals surface area contributed by atoms with Crippen molar-refractivity contribution in [3.63, 3.8) is 0 Å². The average Bonchev–Trinajstić information content (AvgIpc) is 2.21. The summed E-state index contributed by atoms with van der Waals surface area (Å²) >= 11 is 0. The molecule has 0 aliphatic carbocycles. The number of nitrogens with two attached hydrogens (primary N) is 1. The molecule has 6 heteroatoms. The lowest BCUT2D eigenvalue weighted by Crippen LogP contribution is -2.46. The third kappa shape index (κ3) is 5.04. The Morgan fingerprint density at radius 2 is 1.94 bits per heavy atom. The van der Waals surface area contributed by atoms with Gasteiger partial charge in [-0.25, -0.2) is 8.42 Å². The maximum Gasteiger partial charge on any atom is 0.224 e. The number of hydrogen-bond donors (Lipinski definition) is 2. The van der Waals surface area contributed by atoms with E-state index in [0.29, 0.717) is 6.54 Å². The molecule has 0 fully saturated rings. The summed E-state index contributed by atoms with van der Waals surface area (Å²) in [7, 11) is -3.19. The molecule has 0 bridgehead atoms. The first-order valence-corrected chi connectivity index (χ1v) is 7.72. The van der Waals surface area contributed by atoms with Gasteiger partial charge >= 0.3 is 0 Å². The average molecular weight is 264 g/mol. The number of rotatable bonds is 7. The molecule has 0 saturated heterocycles. The second-order valence-corrected chi connectivity index (χ2v) is 7.62. The number of carbonyl (C=O) groups excluding carboxylic acids is 1. The molecule has 102 valence electrons. The molecule has 0 aromatic heterocycles. The fourth-order valence-corrected chi connectivity index (χ4v) is 1.61. The van der Waals surface area contributed by atoms with Crippen molar-refractivity contribution in [3.8, 4) is 0 Å². The van der Waals surface area contributed by atoms with Crippen molar-refractivity contribution in [2.24, 2.45) is 11.7 Å². The zero-order chi connectivity index (χ0) is 13.7. The minimum Gasteiger partial charge on any atom is -0.354 e. The van der Waals surface area contributed by atoms with Crippen LogP contribution in [0.1, 0.15) is 33.6 Å². The van der Waals surface area contributed by atoms with Gasteiger partial charge in [-0.1, -0.05) is 13.3 Å². The Hall–Kier alpha value is -0.620. The van der Waals surface area contributed by atoms with Crippen LogP contribution >= 0.6 is 0 Å². The summed E-state index contributed by atoms with van der Waals surface area (Å²) < 4.78 is 22.0. The maximum absolute atomic E-state index is 11.8. The standard InChI is InChI=1S/C11H24N2O3S/c1-5-6-9(7-12)10(14)13-8-11(2,3)17(4,15)16/h9H,5-8,12H2,1-4H3,(H,13,14). The van der Waals surface area contributed by atoms with Crippen LogP contribution in [0.2, 0.25) is 0 Å². The summed E-state index contributed by atoms with van der Waals surface area (Å²) in [4.78, 5) is 11.8. The van der Waals surface area contributed by atoms with Crippen LogP contribution < -0.4 is 11.1 Å². The Balaban J connectivity index is 4.43. The molecule has 1 unspecified atom stereocenters. The molecule has 0 heterocycles. The third-order valence-electron chi connectivity index (χ3n) is 2.98. The fraction of sp³-hybridized carbons (Fsp3) is 0.909. The zero-order valence-corrected chi connectivity index (χ0v) is 11.9. The third-order valence-corrected chi connectivity index (χ3v) is 5.14. The van der Waals surface area contributed by atoms with Crippen LogP contribution in [0, 0.1) is 5.92 Å². The lowest BCUT2D eigenvalue weighted by Gasteiger charge is -2.24. The van der Waals surface area contributed by atoms with E-state index in [0.717, 1.165) is 12.8 Å². The summed E-state index contributed by atoms with van der Waals surface area (Å²) in [6.45, 7) is 5.58. The van der Waals surface area contributed by atoms with Crippen molar-refractivity contribution in [1.29, 1.82) is 0 Å². The van der Waals surface area contributed by atoms with Crippen molar-refractivity contribution < 1.29 is 13.2 Å². The highest BCUT2D eigenvalue weighted by Gasteiger charge is 2.31. The molecule has 0 spiro atoms. The Morgan fingerprint density at radius 1 is 1.41 bits per heavy atom. The highest BCUT2D eigenvalue weighted by Crippen LogP contribution is 2.14. The van der Waals surface area contributed by atoms with E-state index in [1.54, 1.807) is 13.8 Å². The molecule has 0 aromatic carbocycles. The number of carbonyl (C=O) groups is 1. The molecule has 0 aliphatic rings. The van der Waals surface area contributed by atoms with Crippen LogP contribution in [0.15, 0.2) is 0 Å².